The fourth-order valence-electron chi connectivity index (χ4n) is 2.13. The van der Waals surface area contributed by atoms with E-state index in [1.807, 2.05) is 54.8 Å². The zero-order valence-corrected chi connectivity index (χ0v) is 14.9. The molecule has 0 bridgehead atoms. The second-order valence-electron chi connectivity index (χ2n) is 6.31. The predicted octanol–water partition coefficient (Wildman–Crippen LogP) is 4.72. The van der Waals surface area contributed by atoms with E-state index in [1.165, 1.54) is 5.56 Å². The summed E-state index contributed by atoms with van der Waals surface area (Å²) in [5.41, 5.74) is 2.16. The van der Waals surface area contributed by atoms with Gasteiger partial charge in [-0.1, -0.05) is 45.0 Å². The Bertz CT molecular complexity index is 660. The number of carbonyl (C=O) groups excluding carboxylic acids is 1. The Labute approximate surface area is 142 Å². The van der Waals surface area contributed by atoms with Crippen LogP contribution in [0.3, 0.4) is 0 Å². The van der Waals surface area contributed by atoms with E-state index < -0.39 is 0 Å². The van der Waals surface area contributed by atoms with E-state index in [1.54, 1.807) is 11.8 Å². The summed E-state index contributed by atoms with van der Waals surface area (Å²) < 4.78 is 5.56. The van der Waals surface area contributed by atoms with Gasteiger partial charge in [0.15, 0.2) is 6.61 Å². The van der Waals surface area contributed by atoms with Crippen molar-refractivity contribution in [2.45, 2.75) is 31.1 Å². The first kappa shape index (κ1) is 17.4. The maximum Gasteiger partial charge on any atom is 0.262 e. The van der Waals surface area contributed by atoms with E-state index in [9.17, 15) is 4.79 Å². The molecule has 0 saturated heterocycles. The molecule has 0 atom stereocenters. The Morgan fingerprint density at radius 3 is 2.35 bits per heavy atom. The quantitative estimate of drug-likeness (QED) is 0.806. The highest BCUT2D eigenvalue weighted by molar-refractivity contribution is 7.98. The average molecular weight is 329 g/mol. The van der Waals surface area contributed by atoms with E-state index in [0.717, 1.165) is 10.6 Å². The summed E-state index contributed by atoms with van der Waals surface area (Å²) in [6.45, 7) is 6.50. The van der Waals surface area contributed by atoms with Crippen LogP contribution in [-0.4, -0.2) is 18.8 Å². The fourth-order valence-corrected chi connectivity index (χ4v) is 2.69. The summed E-state index contributed by atoms with van der Waals surface area (Å²) in [5, 5.41) is 2.88. The molecule has 1 N–H and O–H groups in total. The van der Waals surface area contributed by atoms with E-state index in [4.69, 9.17) is 4.74 Å². The molecule has 0 aliphatic rings. The van der Waals surface area contributed by atoms with Crippen molar-refractivity contribution in [3.05, 3.63) is 54.1 Å². The van der Waals surface area contributed by atoms with Crippen LogP contribution >= 0.6 is 11.8 Å². The van der Waals surface area contributed by atoms with Crippen LogP contribution in [0.2, 0.25) is 0 Å². The van der Waals surface area contributed by atoms with Gasteiger partial charge in [-0.2, -0.15) is 0 Å². The van der Waals surface area contributed by atoms with Gasteiger partial charge in [-0.05, 0) is 41.5 Å². The molecule has 0 aliphatic carbocycles. The molecule has 0 fully saturated rings. The molecule has 3 nitrogen and oxygen atoms in total. The largest absolute Gasteiger partial charge is 0.484 e. The number of hydrogen-bond acceptors (Lipinski definition) is 3. The molecule has 4 heteroatoms. The monoisotopic (exact) mass is 329 g/mol. The van der Waals surface area contributed by atoms with Gasteiger partial charge in [-0.3, -0.25) is 4.79 Å². The number of benzene rings is 2. The van der Waals surface area contributed by atoms with Gasteiger partial charge in [-0.25, -0.2) is 0 Å². The molecule has 1 amide bonds. The Hall–Kier alpha value is -1.94. The van der Waals surface area contributed by atoms with Crippen molar-refractivity contribution < 1.29 is 9.53 Å². The highest BCUT2D eigenvalue weighted by Crippen LogP contribution is 2.25. The molecule has 0 saturated carbocycles. The first-order valence-corrected chi connectivity index (χ1v) is 8.79. The van der Waals surface area contributed by atoms with Gasteiger partial charge in [0, 0.05) is 4.90 Å². The lowest BCUT2D eigenvalue weighted by Gasteiger charge is -2.19. The maximum absolute atomic E-state index is 12.0. The van der Waals surface area contributed by atoms with Crippen molar-refractivity contribution in [2.75, 3.05) is 18.2 Å². The van der Waals surface area contributed by atoms with Crippen LogP contribution in [0.25, 0.3) is 0 Å². The third kappa shape index (κ3) is 5.03. The first-order valence-electron chi connectivity index (χ1n) is 7.56. The molecule has 0 aliphatic heterocycles. The van der Waals surface area contributed by atoms with Crippen molar-refractivity contribution in [1.82, 2.24) is 0 Å². The molecule has 2 aromatic carbocycles. The van der Waals surface area contributed by atoms with Gasteiger partial charge in [0.1, 0.15) is 5.75 Å². The molecule has 0 radical (unpaired) electrons. The number of thioether (sulfide) groups is 1. The topological polar surface area (TPSA) is 38.3 Å². The van der Waals surface area contributed by atoms with Gasteiger partial charge < -0.3 is 10.1 Å². The Morgan fingerprint density at radius 1 is 1.09 bits per heavy atom. The minimum atomic E-state index is -0.161. The maximum atomic E-state index is 12.0. The number of rotatable bonds is 5. The summed E-state index contributed by atoms with van der Waals surface area (Å²) in [6.07, 6.45) is 1.98. The smallest absolute Gasteiger partial charge is 0.262 e. The molecule has 0 unspecified atom stereocenters. The summed E-state index contributed by atoms with van der Waals surface area (Å²) in [7, 11) is 0. The van der Waals surface area contributed by atoms with Crippen LogP contribution in [-0.2, 0) is 10.2 Å². The summed E-state index contributed by atoms with van der Waals surface area (Å²) in [4.78, 5) is 13.1. The fraction of sp³-hybridized carbons (Fsp3) is 0.316. The first-order chi connectivity index (χ1) is 10.9. The summed E-state index contributed by atoms with van der Waals surface area (Å²) in [5.74, 6) is 0.540. The van der Waals surface area contributed by atoms with Crippen molar-refractivity contribution in [3.63, 3.8) is 0 Å². The third-order valence-electron chi connectivity index (χ3n) is 3.47. The molecule has 0 heterocycles. The number of anilines is 1. The van der Waals surface area contributed by atoms with E-state index in [0.29, 0.717) is 5.75 Å². The molecule has 122 valence electrons. The van der Waals surface area contributed by atoms with Crippen LogP contribution < -0.4 is 10.1 Å². The van der Waals surface area contributed by atoms with Crippen LogP contribution in [0.1, 0.15) is 26.3 Å². The molecule has 23 heavy (non-hydrogen) atoms. The standard InChI is InChI=1S/C19H23NO2S/c1-19(2,3)14-9-11-15(12-10-14)22-13-18(21)20-16-7-5-6-8-17(16)23-4/h5-12H,13H2,1-4H3,(H,20,21). The van der Waals surface area contributed by atoms with Gasteiger partial charge in [0.2, 0.25) is 0 Å². The Balaban J connectivity index is 1.92. The number of carbonyl (C=O) groups is 1. The average Bonchev–Trinajstić information content (AvgIpc) is 2.53. The number of hydrogen-bond donors (Lipinski definition) is 1. The normalized spacial score (nSPS) is 11.1. The van der Waals surface area contributed by atoms with E-state index in [2.05, 4.69) is 26.1 Å². The lowest BCUT2D eigenvalue weighted by molar-refractivity contribution is -0.118. The Morgan fingerprint density at radius 2 is 1.74 bits per heavy atom. The molecular formula is C19H23NO2S. The van der Waals surface area contributed by atoms with Crippen LogP contribution in [0.5, 0.6) is 5.75 Å². The molecule has 0 aromatic heterocycles. The Kier molecular flexibility index (Phi) is 5.72. The molecular weight excluding hydrogens is 306 g/mol. The summed E-state index contributed by atoms with van der Waals surface area (Å²) in [6, 6.07) is 15.6. The van der Waals surface area contributed by atoms with E-state index >= 15 is 0 Å². The van der Waals surface area contributed by atoms with Gasteiger partial charge >= 0.3 is 0 Å². The molecule has 2 aromatic rings. The van der Waals surface area contributed by atoms with Crippen molar-refractivity contribution in [2.24, 2.45) is 0 Å². The van der Waals surface area contributed by atoms with Gasteiger partial charge in [-0.15, -0.1) is 11.8 Å². The minimum Gasteiger partial charge on any atom is -0.484 e. The van der Waals surface area contributed by atoms with Crippen molar-refractivity contribution >= 4 is 23.4 Å². The number of nitrogens with one attached hydrogen (secondary N) is 1. The minimum absolute atomic E-state index is 0.00240. The highest BCUT2D eigenvalue weighted by atomic mass is 32.2. The highest BCUT2D eigenvalue weighted by Gasteiger charge is 2.13. The second-order valence-corrected chi connectivity index (χ2v) is 7.16. The zero-order chi connectivity index (χ0) is 16.9. The van der Waals surface area contributed by atoms with Gasteiger partial charge in [0.05, 0.1) is 5.69 Å². The van der Waals surface area contributed by atoms with Gasteiger partial charge in [0.25, 0.3) is 5.91 Å². The van der Waals surface area contributed by atoms with Crippen LogP contribution in [0.15, 0.2) is 53.4 Å². The molecule has 2 rings (SSSR count). The van der Waals surface area contributed by atoms with Crippen molar-refractivity contribution in [3.8, 4) is 5.75 Å². The van der Waals surface area contributed by atoms with Crippen LogP contribution in [0, 0.1) is 0 Å². The lowest BCUT2D eigenvalue weighted by Crippen LogP contribution is -2.20. The predicted molar refractivity (Wildman–Crippen MR) is 97.5 cm³/mol. The van der Waals surface area contributed by atoms with E-state index in [-0.39, 0.29) is 17.9 Å². The SMILES string of the molecule is CSc1ccccc1NC(=O)COc1ccc(C(C)(C)C)cc1. The number of para-hydroxylation sites is 1. The number of amides is 1. The second kappa shape index (κ2) is 7.55. The van der Waals surface area contributed by atoms with Crippen molar-refractivity contribution in [1.29, 1.82) is 0 Å². The zero-order valence-electron chi connectivity index (χ0n) is 14.1. The summed E-state index contributed by atoms with van der Waals surface area (Å²) >= 11 is 1.60. The number of ether oxygens (including phenoxy) is 1. The molecule has 0 spiro atoms. The van der Waals surface area contributed by atoms with Crippen LogP contribution in [0.4, 0.5) is 5.69 Å². The third-order valence-corrected chi connectivity index (χ3v) is 4.27. The lowest BCUT2D eigenvalue weighted by atomic mass is 9.87.